The van der Waals surface area contributed by atoms with Crippen molar-refractivity contribution in [2.75, 3.05) is 39.5 Å². The smallest absolute Gasteiger partial charge is 0.257 e. The zero-order valence-corrected chi connectivity index (χ0v) is 18.4. The number of morpholine rings is 1. The molecule has 2 atom stereocenters. The lowest BCUT2D eigenvalue weighted by Gasteiger charge is -2.28. The third-order valence-electron chi connectivity index (χ3n) is 6.06. The van der Waals surface area contributed by atoms with E-state index in [0.717, 1.165) is 36.0 Å². The van der Waals surface area contributed by atoms with Crippen LogP contribution < -0.4 is 15.5 Å². The van der Waals surface area contributed by atoms with Crippen LogP contribution in [0.15, 0.2) is 51.4 Å². The van der Waals surface area contributed by atoms with Crippen LogP contribution in [0.25, 0.3) is 0 Å². The van der Waals surface area contributed by atoms with Gasteiger partial charge in [0.15, 0.2) is 0 Å². The number of likely N-dealkylation sites (tertiary alicyclic amines) is 1. The van der Waals surface area contributed by atoms with E-state index in [1.807, 2.05) is 48.0 Å². The minimum Gasteiger partial charge on any atom is -0.491 e. The Bertz CT molecular complexity index is 999. The number of hydrazine groups is 1. The Morgan fingerprint density at radius 3 is 3.00 bits per heavy atom. The molecular weight excluding hydrogens is 418 g/mol. The second-order valence-electron chi connectivity index (χ2n) is 8.18. The van der Waals surface area contributed by atoms with Crippen molar-refractivity contribution < 1.29 is 14.3 Å². The van der Waals surface area contributed by atoms with Gasteiger partial charge < -0.3 is 19.7 Å². The first kappa shape index (κ1) is 20.5. The summed E-state index contributed by atoms with van der Waals surface area (Å²) in [6, 6.07) is 7.58. The van der Waals surface area contributed by atoms with E-state index in [-0.39, 0.29) is 18.0 Å². The predicted molar refractivity (Wildman–Crippen MR) is 118 cm³/mol. The molecule has 0 bridgehead atoms. The maximum Gasteiger partial charge on any atom is 0.257 e. The number of halogens is 1. The highest BCUT2D eigenvalue weighted by Gasteiger charge is 2.42. The molecule has 2 N–H and O–H groups in total. The van der Waals surface area contributed by atoms with E-state index in [0.29, 0.717) is 42.6 Å². The summed E-state index contributed by atoms with van der Waals surface area (Å²) in [6.07, 6.45) is 0. The molecule has 5 rings (SSSR count). The molecule has 4 heterocycles. The summed E-state index contributed by atoms with van der Waals surface area (Å²) in [6.45, 7) is 7.57. The van der Waals surface area contributed by atoms with E-state index in [1.165, 1.54) is 0 Å². The Hall–Kier alpha value is -2.39. The number of rotatable bonds is 4. The fourth-order valence-electron chi connectivity index (χ4n) is 4.37. The third-order valence-corrected chi connectivity index (χ3v) is 6.60. The van der Waals surface area contributed by atoms with E-state index >= 15 is 0 Å². The largest absolute Gasteiger partial charge is 0.491 e. The van der Waals surface area contributed by atoms with Crippen LogP contribution in [0.2, 0.25) is 0 Å². The normalized spacial score (nSPS) is 25.6. The Morgan fingerprint density at radius 1 is 1.35 bits per heavy atom. The summed E-state index contributed by atoms with van der Waals surface area (Å²) >= 11 is 6.36. The van der Waals surface area contributed by atoms with Gasteiger partial charge in [0.25, 0.3) is 5.91 Å². The summed E-state index contributed by atoms with van der Waals surface area (Å²) < 4.78 is 11.5. The zero-order chi connectivity index (χ0) is 21.5. The molecule has 1 amide bonds. The minimum atomic E-state index is -0.0406. The quantitative estimate of drug-likeness (QED) is 0.739. The molecule has 2 fully saturated rings. The van der Waals surface area contributed by atoms with Gasteiger partial charge in [0.2, 0.25) is 0 Å². The zero-order valence-electron chi connectivity index (χ0n) is 17.7. The van der Waals surface area contributed by atoms with Crippen molar-refractivity contribution >= 4 is 23.2 Å². The monoisotopic (exact) mass is 443 g/mol. The van der Waals surface area contributed by atoms with Gasteiger partial charge in [-0.25, -0.2) is 10.4 Å². The van der Waals surface area contributed by atoms with E-state index < -0.39 is 0 Å². The number of amides is 1. The number of para-hydroxylation sites is 1. The average molecular weight is 444 g/mol. The number of hydrogen-bond donors (Lipinski definition) is 2. The van der Waals surface area contributed by atoms with E-state index in [2.05, 4.69) is 15.7 Å². The van der Waals surface area contributed by atoms with E-state index in [9.17, 15) is 4.79 Å². The summed E-state index contributed by atoms with van der Waals surface area (Å²) in [5.74, 6) is 1.41. The molecule has 8 nitrogen and oxygen atoms in total. The highest BCUT2D eigenvalue weighted by Crippen LogP contribution is 2.36. The molecular formula is C22H26ClN5O3. The van der Waals surface area contributed by atoms with Crippen LogP contribution in [0.1, 0.15) is 24.2 Å². The SMILES string of the molecule is CC1=NC2=C3CN(C(=O)c4ccccc4OCC4COCCN4)CC3NN2C(C)=C1Cl. The molecule has 164 valence electrons. The number of ether oxygens (including phenoxy) is 2. The van der Waals surface area contributed by atoms with Crippen molar-refractivity contribution in [2.24, 2.45) is 4.99 Å². The van der Waals surface area contributed by atoms with E-state index in [1.54, 1.807) is 0 Å². The van der Waals surface area contributed by atoms with Gasteiger partial charge in [0.1, 0.15) is 18.2 Å². The van der Waals surface area contributed by atoms with Gasteiger partial charge in [0, 0.05) is 25.2 Å². The van der Waals surface area contributed by atoms with Crippen molar-refractivity contribution in [3.05, 3.63) is 52.0 Å². The lowest BCUT2D eigenvalue weighted by atomic mass is 10.1. The van der Waals surface area contributed by atoms with Crippen LogP contribution in [-0.2, 0) is 4.74 Å². The third kappa shape index (κ3) is 3.74. The fourth-order valence-corrected chi connectivity index (χ4v) is 4.50. The van der Waals surface area contributed by atoms with Crippen molar-refractivity contribution in [3.63, 3.8) is 0 Å². The first-order valence-electron chi connectivity index (χ1n) is 10.6. The minimum absolute atomic E-state index is 0.0321. The fraction of sp³-hybridized carbons (Fsp3) is 0.455. The Morgan fingerprint density at radius 2 is 2.19 bits per heavy atom. The summed E-state index contributed by atoms with van der Waals surface area (Å²) in [4.78, 5) is 19.9. The molecule has 31 heavy (non-hydrogen) atoms. The predicted octanol–water partition coefficient (Wildman–Crippen LogP) is 1.85. The number of fused-ring (bicyclic) bond motifs is 2. The first-order valence-corrected chi connectivity index (χ1v) is 10.9. The Labute approximate surface area is 186 Å². The topological polar surface area (TPSA) is 78.4 Å². The number of hydrogen-bond acceptors (Lipinski definition) is 7. The number of aliphatic imine (C=N–C) groups is 1. The van der Waals surface area contributed by atoms with Crippen molar-refractivity contribution in [2.45, 2.75) is 25.9 Å². The highest BCUT2D eigenvalue weighted by atomic mass is 35.5. The second kappa shape index (κ2) is 8.27. The Kier molecular flexibility index (Phi) is 5.47. The molecule has 0 aromatic heterocycles. The maximum atomic E-state index is 13.4. The molecule has 4 aliphatic rings. The van der Waals surface area contributed by atoms with Crippen LogP contribution in [0, 0.1) is 0 Å². The number of carbonyl (C=O) groups excluding carboxylic acids is 1. The van der Waals surface area contributed by atoms with Crippen LogP contribution in [-0.4, -0.2) is 73.1 Å². The molecule has 2 saturated heterocycles. The van der Waals surface area contributed by atoms with Gasteiger partial charge in [-0.05, 0) is 26.0 Å². The maximum absolute atomic E-state index is 13.4. The molecule has 4 aliphatic heterocycles. The second-order valence-corrected chi connectivity index (χ2v) is 8.56. The number of carbonyl (C=O) groups is 1. The molecule has 0 spiro atoms. The van der Waals surface area contributed by atoms with Crippen LogP contribution in [0.5, 0.6) is 5.75 Å². The van der Waals surface area contributed by atoms with Crippen LogP contribution >= 0.6 is 11.6 Å². The average Bonchev–Trinajstić information content (AvgIpc) is 3.36. The van der Waals surface area contributed by atoms with Crippen LogP contribution in [0.3, 0.4) is 0 Å². The molecule has 0 radical (unpaired) electrons. The number of allylic oxidation sites excluding steroid dienone is 2. The number of nitrogens with one attached hydrogen (secondary N) is 2. The molecule has 1 aromatic rings. The summed E-state index contributed by atoms with van der Waals surface area (Å²) in [5.41, 5.74) is 6.85. The van der Waals surface area contributed by atoms with Gasteiger partial charge in [-0.2, -0.15) is 0 Å². The lowest BCUT2D eigenvalue weighted by Crippen LogP contribution is -2.45. The molecule has 0 saturated carbocycles. The van der Waals surface area contributed by atoms with Crippen molar-refractivity contribution in [3.8, 4) is 5.75 Å². The molecule has 0 aliphatic carbocycles. The molecule has 1 aromatic carbocycles. The Balaban J connectivity index is 1.32. The van der Waals surface area contributed by atoms with Crippen LogP contribution in [0.4, 0.5) is 0 Å². The van der Waals surface area contributed by atoms with Gasteiger partial charge in [0.05, 0.1) is 47.3 Å². The van der Waals surface area contributed by atoms with Gasteiger partial charge in [-0.15, -0.1) is 0 Å². The highest BCUT2D eigenvalue weighted by molar-refractivity contribution is 6.43. The lowest BCUT2D eigenvalue weighted by molar-refractivity contribution is 0.0587. The standard InChI is InChI=1S/C22H26ClN5O3/c1-13-20(23)14(2)28-21(25-13)17-9-27(10-18(17)26-28)22(29)16-5-3-4-6-19(16)31-12-15-11-30-8-7-24-15/h3-6,15,18,24,26H,7-12H2,1-2H3. The van der Waals surface area contributed by atoms with E-state index in [4.69, 9.17) is 21.1 Å². The van der Waals surface area contributed by atoms with Gasteiger partial charge >= 0.3 is 0 Å². The molecule has 9 heteroatoms. The summed E-state index contributed by atoms with van der Waals surface area (Å²) in [7, 11) is 0. The van der Waals surface area contributed by atoms with Crippen molar-refractivity contribution in [1.82, 2.24) is 20.7 Å². The first-order chi connectivity index (χ1) is 15.0. The number of nitrogens with zero attached hydrogens (tertiary/aromatic N) is 3. The summed E-state index contributed by atoms with van der Waals surface area (Å²) in [5, 5.41) is 5.97. The van der Waals surface area contributed by atoms with Crippen molar-refractivity contribution in [1.29, 1.82) is 0 Å². The number of benzene rings is 1. The van der Waals surface area contributed by atoms with Gasteiger partial charge in [-0.3, -0.25) is 9.80 Å². The van der Waals surface area contributed by atoms with Gasteiger partial charge in [-0.1, -0.05) is 23.7 Å². The molecule has 2 unspecified atom stereocenters.